The molecule has 4 nitrogen and oxygen atoms in total. The van der Waals surface area contributed by atoms with Gasteiger partial charge in [0, 0.05) is 30.2 Å². The molecule has 0 amide bonds. The lowest BCUT2D eigenvalue weighted by Crippen LogP contribution is -2.38. The predicted octanol–water partition coefficient (Wildman–Crippen LogP) is 2.11. The van der Waals surface area contributed by atoms with E-state index < -0.39 is 0 Å². The molecule has 0 radical (unpaired) electrons. The van der Waals surface area contributed by atoms with Gasteiger partial charge < -0.3 is 10.6 Å². The number of nitrogen functional groups attached to an aromatic ring is 1. The van der Waals surface area contributed by atoms with Gasteiger partial charge in [0.2, 0.25) is 0 Å². The summed E-state index contributed by atoms with van der Waals surface area (Å²) in [7, 11) is 0. The molecule has 17 heavy (non-hydrogen) atoms. The summed E-state index contributed by atoms with van der Waals surface area (Å²) < 4.78 is 0. The van der Waals surface area contributed by atoms with Gasteiger partial charge in [-0.25, -0.2) is 9.97 Å². The first-order valence-corrected chi connectivity index (χ1v) is 8.05. The third-order valence-electron chi connectivity index (χ3n) is 2.81. The number of aromatic nitrogens is 2. The van der Waals surface area contributed by atoms with E-state index in [1.54, 1.807) is 0 Å². The first-order valence-electron chi connectivity index (χ1n) is 5.78. The number of rotatable bonds is 3. The molecule has 1 saturated heterocycles. The van der Waals surface area contributed by atoms with Gasteiger partial charge in [0.15, 0.2) is 5.16 Å². The van der Waals surface area contributed by atoms with Crippen LogP contribution in [0, 0.1) is 0 Å². The zero-order chi connectivity index (χ0) is 12.3. The molecular weight excluding hydrogens is 252 g/mol. The smallest absolute Gasteiger partial charge is 0.191 e. The highest BCUT2D eigenvalue weighted by Crippen LogP contribution is 2.26. The van der Waals surface area contributed by atoms with Crippen molar-refractivity contribution in [3.05, 3.63) is 6.07 Å². The number of hydrogen-bond acceptors (Lipinski definition) is 6. The number of anilines is 2. The molecule has 6 heteroatoms. The van der Waals surface area contributed by atoms with E-state index in [9.17, 15) is 0 Å². The van der Waals surface area contributed by atoms with Crippen LogP contribution in [0.5, 0.6) is 0 Å². The molecule has 0 saturated carbocycles. The molecule has 0 bridgehead atoms. The highest BCUT2D eigenvalue weighted by atomic mass is 32.2. The highest BCUT2D eigenvalue weighted by Gasteiger charge is 2.20. The Morgan fingerprint density at radius 1 is 1.59 bits per heavy atom. The van der Waals surface area contributed by atoms with Gasteiger partial charge in [0.1, 0.15) is 11.6 Å². The molecule has 1 unspecified atom stereocenters. The normalized spacial score (nSPS) is 20.6. The van der Waals surface area contributed by atoms with E-state index in [4.69, 9.17) is 5.73 Å². The topological polar surface area (TPSA) is 55.0 Å². The Morgan fingerprint density at radius 3 is 3.12 bits per heavy atom. The van der Waals surface area contributed by atoms with Crippen molar-refractivity contribution < 1.29 is 0 Å². The third-order valence-corrected chi connectivity index (χ3v) is 4.73. The fourth-order valence-electron chi connectivity index (χ4n) is 1.86. The molecule has 0 aromatic carbocycles. The van der Waals surface area contributed by atoms with Crippen molar-refractivity contribution in [3.8, 4) is 0 Å². The highest BCUT2D eigenvalue weighted by molar-refractivity contribution is 8.00. The van der Waals surface area contributed by atoms with Crippen LogP contribution in [0.25, 0.3) is 0 Å². The van der Waals surface area contributed by atoms with Crippen LogP contribution < -0.4 is 10.6 Å². The van der Waals surface area contributed by atoms with E-state index in [1.165, 1.54) is 18.2 Å². The largest absolute Gasteiger partial charge is 0.383 e. The number of nitrogens with zero attached hydrogens (tertiary/aromatic N) is 3. The minimum atomic E-state index is 0.561. The molecule has 0 aliphatic carbocycles. The molecular formula is C11H18N4S2. The minimum Gasteiger partial charge on any atom is -0.383 e. The first-order chi connectivity index (χ1) is 8.22. The molecule has 1 aliphatic heterocycles. The second-order valence-electron chi connectivity index (χ2n) is 3.98. The summed E-state index contributed by atoms with van der Waals surface area (Å²) in [4.78, 5) is 11.0. The summed E-state index contributed by atoms with van der Waals surface area (Å²) in [6.45, 7) is 4.35. The van der Waals surface area contributed by atoms with Gasteiger partial charge in [-0.05, 0) is 12.7 Å². The summed E-state index contributed by atoms with van der Waals surface area (Å²) in [5, 5.41) is 1.46. The molecule has 1 aliphatic rings. The van der Waals surface area contributed by atoms with Crippen molar-refractivity contribution in [1.82, 2.24) is 9.97 Å². The molecule has 0 spiro atoms. The number of hydrogen-bond donors (Lipinski definition) is 1. The maximum absolute atomic E-state index is 5.81. The quantitative estimate of drug-likeness (QED) is 0.670. The minimum absolute atomic E-state index is 0.561. The maximum atomic E-state index is 5.81. The van der Waals surface area contributed by atoms with E-state index in [0.717, 1.165) is 29.8 Å². The average Bonchev–Trinajstić information content (AvgIpc) is 2.38. The molecule has 94 valence electrons. The SMILES string of the molecule is CCC1CN(c2cc(N)nc(SC)n2)CCS1. The molecule has 1 atom stereocenters. The lowest BCUT2D eigenvalue weighted by Gasteiger charge is -2.32. The van der Waals surface area contributed by atoms with Crippen LogP contribution in [0.2, 0.25) is 0 Å². The standard InChI is InChI=1S/C11H18N4S2/c1-3-8-7-15(4-5-17-8)10-6-9(12)13-11(14-10)16-2/h6,8H,3-5,7H2,1-2H3,(H2,12,13,14). The Balaban J connectivity index is 2.18. The molecule has 1 aromatic heterocycles. The Bertz CT molecular complexity index is 386. The van der Waals surface area contributed by atoms with Crippen LogP contribution in [0.1, 0.15) is 13.3 Å². The molecule has 2 N–H and O–H groups in total. The fourth-order valence-corrected chi connectivity index (χ4v) is 3.42. The molecule has 1 aromatic rings. The monoisotopic (exact) mass is 270 g/mol. The summed E-state index contributed by atoms with van der Waals surface area (Å²) >= 11 is 3.59. The van der Waals surface area contributed by atoms with E-state index in [0.29, 0.717) is 11.1 Å². The van der Waals surface area contributed by atoms with Gasteiger partial charge in [0.25, 0.3) is 0 Å². The third kappa shape index (κ3) is 3.19. The fraction of sp³-hybridized carbons (Fsp3) is 0.636. The Hall–Kier alpha value is -0.620. The van der Waals surface area contributed by atoms with Gasteiger partial charge in [0.05, 0.1) is 0 Å². The zero-order valence-corrected chi connectivity index (χ0v) is 11.9. The lowest BCUT2D eigenvalue weighted by molar-refractivity contribution is 0.713. The van der Waals surface area contributed by atoms with Crippen LogP contribution in [0.3, 0.4) is 0 Å². The second kappa shape index (κ2) is 5.82. The maximum Gasteiger partial charge on any atom is 0.191 e. The average molecular weight is 270 g/mol. The summed E-state index contributed by atoms with van der Waals surface area (Å²) in [6.07, 6.45) is 3.18. The summed E-state index contributed by atoms with van der Waals surface area (Å²) in [5.74, 6) is 2.70. The molecule has 2 rings (SSSR count). The van der Waals surface area contributed by atoms with Crippen LogP contribution in [-0.2, 0) is 0 Å². The predicted molar refractivity (Wildman–Crippen MR) is 77.0 cm³/mol. The molecule has 1 fully saturated rings. The van der Waals surface area contributed by atoms with Gasteiger partial charge in [-0.15, -0.1) is 0 Å². The van der Waals surface area contributed by atoms with Crippen molar-refractivity contribution in [2.75, 3.05) is 35.7 Å². The second-order valence-corrected chi connectivity index (χ2v) is 6.17. The van der Waals surface area contributed by atoms with Crippen molar-refractivity contribution in [3.63, 3.8) is 0 Å². The lowest BCUT2D eigenvalue weighted by atomic mass is 10.3. The zero-order valence-electron chi connectivity index (χ0n) is 10.2. The van der Waals surface area contributed by atoms with E-state index in [1.807, 2.05) is 12.3 Å². The van der Waals surface area contributed by atoms with E-state index in [-0.39, 0.29) is 0 Å². The first kappa shape index (κ1) is 12.8. The number of nitrogens with two attached hydrogens (primary N) is 1. The van der Waals surface area contributed by atoms with Crippen LogP contribution >= 0.6 is 23.5 Å². The van der Waals surface area contributed by atoms with Crippen molar-refractivity contribution in [2.45, 2.75) is 23.8 Å². The van der Waals surface area contributed by atoms with Gasteiger partial charge >= 0.3 is 0 Å². The molecule has 2 heterocycles. The summed E-state index contributed by atoms with van der Waals surface area (Å²) in [6, 6.07) is 1.88. The van der Waals surface area contributed by atoms with Crippen LogP contribution in [-0.4, -0.2) is 40.3 Å². The van der Waals surface area contributed by atoms with Crippen molar-refractivity contribution >= 4 is 35.2 Å². The van der Waals surface area contributed by atoms with Gasteiger partial charge in [-0.3, -0.25) is 0 Å². The Labute approximate surface area is 111 Å². The van der Waals surface area contributed by atoms with E-state index >= 15 is 0 Å². The van der Waals surface area contributed by atoms with Crippen LogP contribution in [0.15, 0.2) is 11.2 Å². The Kier molecular flexibility index (Phi) is 4.39. The van der Waals surface area contributed by atoms with Crippen LogP contribution in [0.4, 0.5) is 11.6 Å². The Morgan fingerprint density at radius 2 is 2.41 bits per heavy atom. The van der Waals surface area contributed by atoms with E-state index in [2.05, 4.69) is 33.6 Å². The van der Waals surface area contributed by atoms with Gasteiger partial charge in [-0.2, -0.15) is 11.8 Å². The van der Waals surface area contributed by atoms with Gasteiger partial charge in [-0.1, -0.05) is 18.7 Å². The summed E-state index contributed by atoms with van der Waals surface area (Å²) in [5.41, 5.74) is 5.81. The number of thioether (sulfide) groups is 2. The van der Waals surface area contributed by atoms with Crippen molar-refractivity contribution in [2.24, 2.45) is 0 Å². The van der Waals surface area contributed by atoms with Crippen molar-refractivity contribution in [1.29, 1.82) is 0 Å².